The third-order valence-corrected chi connectivity index (χ3v) is 7.14. The molecule has 1 aromatic carbocycles. The second-order valence-electron chi connectivity index (χ2n) is 7.61. The number of aromatic nitrogens is 3. The van der Waals surface area contributed by atoms with Crippen molar-refractivity contribution in [3.8, 4) is 5.75 Å². The van der Waals surface area contributed by atoms with Gasteiger partial charge in [0.05, 0.1) is 18.0 Å². The zero-order valence-electron chi connectivity index (χ0n) is 17.4. The number of carbonyl (C=O) groups is 1. The maximum Gasteiger partial charge on any atom is 0.241 e. The summed E-state index contributed by atoms with van der Waals surface area (Å²) in [5.41, 5.74) is 0.803. The Balaban J connectivity index is 1.37. The predicted molar refractivity (Wildman–Crippen MR) is 114 cm³/mol. The number of pyridine rings is 1. The number of amides is 1. The second-order valence-corrected chi connectivity index (χ2v) is 9.32. The smallest absolute Gasteiger partial charge is 0.241 e. The fraction of sp³-hybridized carbons (Fsp3) is 0.381. The molecule has 0 unspecified atom stereocenters. The number of likely N-dealkylation sites (tertiary alicyclic amines) is 1. The molecule has 1 amide bonds. The molecule has 1 N–H and O–H groups in total. The Morgan fingerprint density at radius 3 is 2.52 bits per heavy atom. The largest absolute Gasteiger partial charge is 0.497 e. The number of nitrogens with one attached hydrogen (secondary N) is 1. The molecule has 10 heteroatoms. The molecule has 1 aliphatic heterocycles. The van der Waals surface area contributed by atoms with Gasteiger partial charge in [0.2, 0.25) is 15.9 Å². The van der Waals surface area contributed by atoms with E-state index in [1.54, 1.807) is 24.0 Å². The summed E-state index contributed by atoms with van der Waals surface area (Å²) in [6.07, 6.45) is 3.44. The van der Waals surface area contributed by atoms with Gasteiger partial charge in [-0.15, -0.1) is 10.2 Å². The van der Waals surface area contributed by atoms with E-state index in [0.29, 0.717) is 18.8 Å². The summed E-state index contributed by atoms with van der Waals surface area (Å²) in [5.74, 6) is 1.43. The second kappa shape index (κ2) is 8.64. The Morgan fingerprint density at radius 1 is 1.13 bits per heavy atom. The van der Waals surface area contributed by atoms with Gasteiger partial charge >= 0.3 is 0 Å². The number of piperidine rings is 1. The highest BCUT2D eigenvalue weighted by molar-refractivity contribution is 7.89. The molecule has 0 saturated carbocycles. The highest BCUT2D eigenvalue weighted by Crippen LogP contribution is 2.27. The maximum absolute atomic E-state index is 12.9. The van der Waals surface area contributed by atoms with E-state index in [2.05, 4.69) is 14.9 Å². The number of hydrogen-bond donors (Lipinski definition) is 1. The molecule has 31 heavy (non-hydrogen) atoms. The van der Waals surface area contributed by atoms with Gasteiger partial charge in [-0.3, -0.25) is 9.20 Å². The molecule has 4 rings (SSSR count). The number of nitrogens with zero attached hydrogens (tertiary/aromatic N) is 4. The molecule has 1 aliphatic rings. The zero-order valence-corrected chi connectivity index (χ0v) is 18.2. The quantitative estimate of drug-likeness (QED) is 0.623. The fourth-order valence-electron chi connectivity index (χ4n) is 3.88. The standard InChI is InChI=1S/C21H25N5O4S/c1-15(24-31(28,29)18-8-6-17(30-2)7-9-18)21(27)25-13-10-16(11-14-25)20-23-22-19-5-3-4-12-26(19)20/h3-9,12,15-16,24H,10-11,13-14H2,1-2H3/t15-/m0/s1. The number of methoxy groups -OCH3 is 1. The molecule has 1 atom stereocenters. The molecule has 0 bridgehead atoms. The van der Waals surface area contributed by atoms with Crippen LogP contribution in [-0.2, 0) is 14.8 Å². The maximum atomic E-state index is 12.9. The Morgan fingerprint density at radius 2 is 1.84 bits per heavy atom. The van der Waals surface area contributed by atoms with Crippen LogP contribution < -0.4 is 9.46 Å². The summed E-state index contributed by atoms with van der Waals surface area (Å²) in [6.45, 7) is 2.65. The van der Waals surface area contributed by atoms with E-state index in [1.807, 2.05) is 28.8 Å². The van der Waals surface area contributed by atoms with Crippen LogP contribution in [0.1, 0.15) is 31.5 Å². The summed E-state index contributed by atoms with van der Waals surface area (Å²) in [5, 5.41) is 8.53. The highest BCUT2D eigenvalue weighted by atomic mass is 32.2. The minimum Gasteiger partial charge on any atom is -0.497 e. The van der Waals surface area contributed by atoms with E-state index in [-0.39, 0.29) is 16.7 Å². The molecule has 9 nitrogen and oxygen atoms in total. The molecule has 3 heterocycles. The van der Waals surface area contributed by atoms with Gasteiger partial charge in [0, 0.05) is 25.2 Å². The minimum atomic E-state index is -3.81. The van der Waals surface area contributed by atoms with Crippen molar-refractivity contribution in [2.45, 2.75) is 36.6 Å². The number of rotatable bonds is 6. The number of ether oxygens (including phenoxy) is 1. The molecule has 3 aromatic rings. The van der Waals surface area contributed by atoms with Crippen molar-refractivity contribution in [1.29, 1.82) is 0 Å². The molecular formula is C21H25N5O4S. The van der Waals surface area contributed by atoms with Crippen molar-refractivity contribution >= 4 is 21.6 Å². The lowest BCUT2D eigenvalue weighted by molar-refractivity contribution is -0.133. The van der Waals surface area contributed by atoms with Crippen LogP contribution in [0.2, 0.25) is 0 Å². The Hall–Kier alpha value is -2.98. The number of carbonyl (C=O) groups excluding carboxylic acids is 1. The third kappa shape index (κ3) is 4.40. The van der Waals surface area contributed by atoms with E-state index in [4.69, 9.17) is 4.74 Å². The first-order valence-electron chi connectivity index (χ1n) is 10.1. The van der Waals surface area contributed by atoms with Crippen LogP contribution in [-0.4, -0.2) is 60.1 Å². The van der Waals surface area contributed by atoms with Gasteiger partial charge in [-0.1, -0.05) is 6.07 Å². The Labute approximate surface area is 181 Å². The van der Waals surface area contributed by atoms with Gasteiger partial charge in [0.1, 0.15) is 11.6 Å². The van der Waals surface area contributed by atoms with Gasteiger partial charge in [0.15, 0.2) is 5.65 Å². The van der Waals surface area contributed by atoms with Gasteiger partial charge < -0.3 is 9.64 Å². The first kappa shape index (κ1) is 21.3. The first-order chi connectivity index (χ1) is 14.9. The molecule has 2 aromatic heterocycles. The van der Waals surface area contributed by atoms with Crippen LogP contribution in [0, 0.1) is 0 Å². The van der Waals surface area contributed by atoms with E-state index < -0.39 is 16.1 Å². The number of fused-ring (bicyclic) bond motifs is 1. The van der Waals surface area contributed by atoms with Crippen LogP contribution in [0.5, 0.6) is 5.75 Å². The summed E-state index contributed by atoms with van der Waals surface area (Å²) in [7, 11) is -2.30. The Bertz CT molecular complexity index is 1170. The van der Waals surface area contributed by atoms with E-state index >= 15 is 0 Å². The van der Waals surface area contributed by atoms with Gasteiger partial charge in [-0.2, -0.15) is 4.72 Å². The van der Waals surface area contributed by atoms with Crippen LogP contribution in [0.4, 0.5) is 0 Å². The van der Waals surface area contributed by atoms with Crippen molar-refractivity contribution in [2.24, 2.45) is 0 Å². The van der Waals surface area contributed by atoms with E-state index in [1.165, 1.54) is 19.2 Å². The molecular weight excluding hydrogens is 418 g/mol. The van der Waals surface area contributed by atoms with Gasteiger partial charge in [-0.05, 0) is 56.2 Å². The fourth-order valence-corrected chi connectivity index (χ4v) is 5.07. The SMILES string of the molecule is COc1ccc(S(=O)(=O)N[C@@H](C)C(=O)N2CCC(c3nnc4ccccn34)CC2)cc1. The zero-order chi connectivity index (χ0) is 22.0. The number of sulfonamides is 1. The lowest BCUT2D eigenvalue weighted by Crippen LogP contribution is -2.49. The Kier molecular flexibility index (Phi) is 5.92. The average molecular weight is 444 g/mol. The lowest BCUT2D eigenvalue weighted by Gasteiger charge is -2.33. The normalized spacial score (nSPS) is 16.4. The molecule has 0 aliphatic carbocycles. The van der Waals surface area contributed by atoms with Crippen molar-refractivity contribution in [2.75, 3.05) is 20.2 Å². The van der Waals surface area contributed by atoms with Crippen LogP contribution in [0.15, 0.2) is 53.6 Å². The third-order valence-electron chi connectivity index (χ3n) is 5.58. The molecule has 0 spiro atoms. The number of hydrogen-bond acceptors (Lipinski definition) is 6. The highest BCUT2D eigenvalue weighted by Gasteiger charge is 2.30. The van der Waals surface area contributed by atoms with Gasteiger partial charge in [-0.25, -0.2) is 8.42 Å². The minimum absolute atomic E-state index is 0.0883. The molecule has 164 valence electrons. The van der Waals surface area contributed by atoms with Crippen LogP contribution in [0.3, 0.4) is 0 Å². The van der Waals surface area contributed by atoms with Crippen LogP contribution in [0.25, 0.3) is 5.65 Å². The lowest BCUT2D eigenvalue weighted by atomic mass is 9.95. The molecule has 1 fully saturated rings. The summed E-state index contributed by atoms with van der Waals surface area (Å²) < 4.78 is 34.8. The van der Waals surface area contributed by atoms with E-state index in [9.17, 15) is 13.2 Å². The van der Waals surface area contributed by atoms with Gasteiger partial charge in [0.25, 0.3) is 0 Å². The van der Waals surface area contributed by atoms with E-state index in [0.717, 1.165) is 24.3 Å². The summed E-state index contributed by atoms with van der Waals surface area (Å²) in [6, 6.07) is 10.9. The van der Waals surface area contributed by atoms with Crippen LogP contribution >= 0.6 is 0 Å². The molecule has 0 radical (unpaired) electrons. The number of benzene rings is 1. The monoisotopic (exact) mass is 443 g/mol. The van der Waals surface area contributed by atoms with Crippen molar-refractivity contribution in [1.82, 2.24) is 24.2 Å². The average Bonchev–Trinajstić information content (AvgIpc) is 3.22. The van der Waals surface area contributed by atoms with Crippen molar-refractivity contribution in [3.63, 3.8) is 0 Å². The predicted octanol–water partition coefficient (Wildman–Crippen LogP) is 1.81. The first-order valence-corrected chi connectivity index (χ1v) is 11.6. The van der Waals surface area contributed by atoms with Crippen molar-refractivity contribution < 1.29 is 17.9 Å². The van der Waals surface area contributed by atoms with Crippen molar-refractivity contribution in [3.05, 3.63) is 54.5 Å². The topological polar surface area (TPSA) is 106 Å². The summed E-state index contributed by atoms with van der Waals surface area (Å²) in [4.78, 5) is 14.7. The summed E-state index contributed by atoms with van der Waals surface area (Å²) >= 11 is 0. The molecule has 1 saturated heterocycles.